The van der Waals surface area contributed by atoms with Crippen LogP contribution in [0.3, 0.4) is 0 Å². The first kappa shape index (κ1) is 30.8. The van der Waals surface area contributed by atoms with E-state index in [2.05, 4.69) is 182 Å². The van der Waals surface area contributed by atoms with Crippen LogP contribution < -0.4 is 0 Å². The summed E-state index contributed by atoms with van der Waals surface area (Å²) >= 11 is 0. The Bertz CT molecular complexity index is 3060. The minimum atomic E-state index is -0.105. The maximum atomic E-state index is 5.38. The highest BCUT2D eigenvalue weighted by molar-refractivity contribution is 6.23. The quantitative estimate of drug-likeness (QED) is 0.184. The summed E-state index contributed by atoms with van der Waals surface area (Å²) in [6, 6.07) is 63.4. The second-order valence-electron chi connectivity index (χ2n) is 15.0. The van der Waals surface area contributed by atoms with Crippen molar-refractivity contribution in [2.45, 2.75) is 19.3 Å². The molecule has 1 aliphatic rings. The number of hydrogen-bond donors (Lipinski definition) is 0. The van der Waals surface area contributed by atoms with Crippen LogP contribution in [-0.4, -0.2) is 14.5 Å². The smallest absolute Gasteiger partial charge is 0.235 e. The van der Waals surface area contributed by atoms with Crippen molar-refractivity contribution in [2.24, 2.45) is 0 Å². The molecule has 2 aromatic heterocycles. The van der Waals surface area contributed by atoms with Gasteiger partial charge in [0, 0.05) is 32.9 Å². The van der Waals surface area contributed by atoms with Crippen LogP contribution in [0.4, 0.5) is 0 Å². The molecular formula is C51H35N3. The lowest BCUT2D eigenvalue weighted by Gasteiger charge is -2.21. The third-order valence-corrected chi connectivity index (χ3v) is 11.6. The van der Waals surface area contributed by atoms with Gasteiger partial charge in [-0.3, -0.25) is 4.57 Å². The van der Waals surface area contributed by atoms with Crippen LogP contribution in [0.15, 0.2) is 176 Å². The third-order valence-electron chi connectivity index (χ3n) is 11.6. The zero-order valence-electron chi connectivity index (χ0n) is 30.1. The molecule has 0 amide bonds. The van der Waals surface area contributed by atoms with E-state index in [1.54, 1.807) is 0 Å². The Morgan fingerprint density at radius 2 is 1.04 bits per heavy atom. The van der Waals surface area contributed by atoms with E-state index in [1.807, 2.05) is 12.1 Å². The second-order valence-corrected chi connectivity index (χ2v) is 15.0. The summed E-state index contributed by atoms with van der Waals surface area (Å²) < 4.78 is 2.31. The molecule has 0 saturated heterocycles. The predicted octanol–water partition coefficient (Wildman–Crippen LogP) is 13.2. The third kappa shape index (κ3) is 4.48. The van der Waals surface area contributed by atoms with E-state index in [9.17, 15) is 0 Å². The number of aromatic nitrogens is 3. The molecule has 0 fully saturated rings. The molecule has 54 heavy (non-hydrogen) atoms. The predicted molar refractivity (Wildman–Crippen MR) is 225 cm³/mol. The summed E-state index contributed by atoms with van der Waals surface area (Å²) in [6.45, 7) is 4.72. The van der Waals surface area contributed by atoms with Gasteiger partial charge >= 0.3 is 0 Å². The Balaban J connectivity index is 1.24. The molecule has 254 valence electrons. The normalized spacial score (nSPS) is 13.1. The lowest BCUT2D eigenvalue weighted by Crippen LogP contribution is -2.14. The fourth-order valence-corrected chi connectivity index (χ4v) is 9.02. The van der Waals surface area contributed by atoms with Gasteiger partial charge in [0.25, 0.3) is 0 Å². The van der Waals surface area contributed by atoms with E-state index in [0.717, 1.165) is 39.1 Å². The maximum absolute atomic E-state index is 5.38. The molecule has 3 heteroatoms. The van der Waals surface area contributed by atoms with Gasteiger partial charge in [0.15, 0.2) is 0 Å². The van der Waals surface area contributed by atoms with Crippen LogP contribution >= 0.6 is 0 Å². The first-order valence-corrected chi connectivity index (χ1v) is 18.7. The highest BCUT2D eigenvalue weighted by Gasteiger charge is 2.36. The van der Waals surface area contributed by atoms with Crippen molar-refractivity contribution < 1.29 is 0 Å². The van der Waals surface area contributed by atoms with Crippen molar-refractivity contribution in [1.29, 1.82) is 0 Å². The van der Waals surface area contributed by atoms with E-state index in [4.69, 9.17) is 9.97 Å². The molecular weight excluding hydrogens is 655 g/mol. The van der Waals surface area contributed by atoms with Crippen molar-refractivity contribution in [2.75, 3.05) is 0 Å². The van der Waals surface area contributed by atoms with Gasteiger partial charge < -0.3 is 0 Å². The summed E-state index contributed by atoms with van der Waals surface area (Å²) in [6.07, 6.45) is 0. The summed E-state index contributed by atoms with van der Waals surface area (Å²) in [4.78, 5) is 10.8. The number of nitrogens with zero attached hydrogens (tertiary/aromatic N) is 3. The van der Waals surface area contributed by atoms with Gasteiger partial charge in [0.1, 0.15) is 0 Å². The summed E-state index contributed by atoms with van der Waals surface area (Å²) in [7, 11) is 0. The van der Waals surface area contributed by atoms with Gasteiger partial charge in [0.2, 0.25) is 5.95 Å². The molecule has 3 nitrogen and oxygen atoms in total. The second kappa shape index (κ2) is 11.6. The Labute approximate surface area is 313 Å². The average molecular weight is 690 g/mol. The van der Waals surface area contributed by atoms with E-state index in [1.165, 1.54) is 60.1 Å². The highest BCUT2D eigenvalue weighted by Crippen LogP contribution is 2.52. The first-order valence-electron chi connectivity index (χ1n) is 18.7. The van der Waals surface area contributed by atoms with Gasteiger partial charge in [-0.2, -0.15) is 0 Å². The van der Waals surface area contributed by atoms with Crippen molar-refractivity contribution in [3.05, 3.63) is 187 Å². The molecule has 0 unspecified atom stereocenters. The maximum Gasteiger partial charge on any atom is 0.235 e. The zero-order chi connectivity index (χ0) is 36.0. The number of hydrogen-bond acceptors (Lipinski definition) is 2. The molecule has 0 radical (unpaired) electrons. The van der Waals surface area contributed by atoms with Crippen LogP contribution in [0.2, 0.25) is 0 Å². The number of benzene rings is 8. The molecule has 8 aromatic carbocycles. The van der Waals surface area contributed by atoms with Crippen molar-refractivity contribution in [3.8, 4) is 50.7 Å². The largest absolute Gasteiger partial charge is 0.277 e. The molecule has 10 aromatic rings. The number of fused-ring (bicyclic) bond motifs is 10. The van der Waals surface area contributed by atoms with Crippen LogP contribution in [0.5, 0.6) is 0 Å². The summed E-state index contributed by atoms with van der Waals surface area (Å²) in [5.74, 6) is 0.650. The monoisotopic (exact) mass is 689 g/mol. The standard InChI is InChI=1S/C51H35N3/c1-51(2)42-27-25-36(30-41(42)47-37-20-11-9-14-32(37)24-28-43(47)51)39-22-13-23-40-48-38-21-12-10-15-33(38)26-29-46(48)54(49(39)40)50-52-44(34-16-5-3-6-17-34)31-45(53-50)35-18-7-4-8-19-35/h3-31H,1-2H3. The van der Waals surface area contributed by atoms with Gasteiger partial charge in [-0.25, -0.2) is 9.97 Å². The zero-order valence-corrected chi connectivity index (χ0v) is 30.1. The Morgan fingerprint density at radius 3 is 1.76 bits per heavy atom. The van der Waals surface area contributed by atoms with Crippen molar-refractivity contribution in [1.82, 2.24) is 14.5 Å². The van der Waals surface area contributed by atoms with Gasteiger partial charge in [-0.05, 0) is 67.6 Å². The van der Waals surface area contributed by atoms with Crippen molar-refractivity contribution >= 4 is 43.4 Å². The molecule has 1 aliphatic carbocycles. The Hall–Kier alpha value is -6.84. The van der Waals surface area contributed by atoms with Gasteiger partial charge in [-0.15, -0.1) is 0 Å². The average Bonchev–Trinajstić information content (AvgIpc) is 3.70. The molecule has 2 heterocycles. The lowest BCUT2D eigenvalue weighted by molar-refractivity contribution is 0.661. The van der Waals surface area contributed by atoms with Crippen LogP contribution in [0.25, 0.3) is 94.1 Å². The van der Waals surface area contributed by atoms with E-state index >= 15 is 0 Å². The fourth-order valence-electron chi connectivity index (χ4n) is 9.02. The molecule has 0 atom stereocenters. The SMILES string of the molecule is CC1(C)c2ccc(-c3cccc4c5c6ccccc6ccc5n(-c5nc(-c6ccccc6)cc(-c6ccccc6)n5)c34)cc2-c2c1ccc1ccccc21. The Morgan fingerprint density at radius 1 is 0.444 bits per heavy atom. The summed E-state index contributed by atoms with van der Waals surface area (Å²) in [5, 5.41) is 7.39. The highest BCUT2D eigenvalue weighted by atomic mass is 15.2. The van der Waals surface area contributed by atoms with Crippen LogP contribution in [0.1, 0.15) is 25.0 Å². The molecule has 0 saturated carbocycles. The van der Waals surface area contributed by atoms with Gasteiger partial charge in [0.05, 0.1) is 22.4 Å². The van der Waals surface area contributed by atoms with Gasteiger partial charge in [-0.1, -0.05) is 172 Å². The first-order chi connectivity index (χ1) is 26.5. The Kier molecular flexibility index (Phi) is 6.60. The van der Waals surface area contributed by atoms with E-state index in [-0.39, 0.29) is 5.41 Å². The minimum absolute atomic E-state index is 0.105. The molecule has 0 spiro atoms. The van der Waals surface area contributed by atoms with Crippen molar-refractivity contribution in [3.63, 3.8) is 0 Å². The van der Waals surface area contributed by atoms with Crippen LogP contribution in [0, 0.1) is 0 Å². The number of para-hydroxylation sites is 1. The minimum Gasteiger partial charge on any atom is -0.277 e. The molecule has 11 rings (SSSR count). The summed E-state index contributed by atoms with van der Waals surface area (Å²) in [5.41, 5.74) is 13.7. The van der Waals surface area contributed by atoms with E-state index < -0.39 is 0 Å². The van der Waals surface area contributed by atoms with E-state index in [0.29, 0.717) is 5.95 Å². The molecule has 0 aliphatic heterocycles. The topological polar surface area (TPSA) is 30.7 Å². The number of rotatable bonds is 4. The molecule has 0 bridgehead atoms. The van der Waals surface area contributed by atoms with Crippen LogP contribution in [-0.2, 0) is 5.41 Å². The fraction of sp³-hybridized carbons (Fsp3) is 0.0588. The molecule has 0 N–H and O–H groups in total. The lowest BCUT2D eigenvalue weighted by atomic mass is 9.82.